The second-order valence-electron chi connectivity index (χ2n) is 8.74. The van der Waals surface area contributed by atoms with Gasteiger partial charge in [0.25, 0.3) is 0 Å². The number of methoxy groups -OCH3 is 1. The Balaban J connectivity index is 1.54. The number of ether oxygens (including phenoxy) is 1. The van der Waals surface area contributed by atoms with E-state index in [2.05, 4.69) is 41.4 Å². The van der Waals surface area contributed by atoms with Crippen molar-refractivity contribution in [1.29, 1.82) is 0 Å². The summed E-state index contributed by atoms with van der Waals surface area (Å²) in [6, 6.07) is 22.4. The fourth-order valence-electron chi connectivity index (χ4n) is 4.52. The van der Waals surface area contributed by atoms with E-state index in [-0.39, 0.29) is 0 Å². The number of rotatable bonds is 5. The summed E-state index contributed by atoms with van der Waals surface area (Å²) in [5, 5.41) is 11.1. The Morgan fingerprint density at radius 1 is 0.938 bits per heavy atom. The average molecular weight is 444 g/mol. The summed E-state index contributed by atoms with van der Waals surface area (Å²) < 4.78 is 5.18. The van der Waals surface area contributed by atoms with Crippen LogP contribution in [0.1, 0.15) is 25.3 Å². The van der Waals surface area contributed by atoms with Gasteiger partial charge in [0.1, 0.15) is 5.01 Å². The highest BCUT2D eigenvalue weighted by molar-refractivity contribution is 7.19. The first kappa shape index (κ1) is 20.8. The molecule has 32 heavy (non-hydrogen) atoms. The van der Waals surface area contributed by atoms with Gasteiger partial charge in [-0.05, 0) is 37.0 Å². The van der Waals surface area contributed by atoms with Crippen molar-refractivity contribution in [2.45, 2.75) is 30.9 Å². The van der Waals surface area contributed by atoms with Gasteiger partial charge < -0.3 is 15.6 Å². The van der Waals surface area contributed by atoms with Crippen LogP contribution in [0.25, 0.3) is 32.3 Å². The van der Waals surface area contributed by atoms with E-state index < -0.39 is 11.1 Å². The lowest BCUT2D eigenvalue weighted by atomic mass is 9.63. The third kappa shape index (κ3) is 3.81. The molecule has 5 nitrogen and oxygen atoms in total. The minimum Gasteiger partial charge on any atom is -0.481 e. The molecule has 1 aliphatic carbocycles. The van der Waals surface area contributed by atoms with Crippen molar-refractivity contribution in [2.75, 3.05) is 7.11 Å². The van der Waals surface area contributed by atoms with E-state index >= 15 is 0 Å². The number of nitrogens with two attached hydrogens (primary N) is 1. The van der Waals surface area contributed by atoms with E-state index in [0.29, 0.717) is 18.7 Å². The number of pyridine rings is 1. The Kier molecular flexibility index (Phi) is 5.08. The van der Waals surface area contributed by atoms with Gasteiger partial charge in [0, 0.05) is 28.9 Å². The molecule has 3 N–H and O–H groups in total. The van der Waals surface area contributed by atoms with Gasteiger partial charge in [0.15, 0.2) is 0 Å². The number of benzene rings is 2. The second kappa shape index (κ2) is 7.81. The first-order chi connectivity index (χ1) is 15.4. The highest BCUT2D eigenvalue weighted by Crippen LogP contribution is 2.47. The minimum absolute atomic E-state index is 0.466. The van der Waals surface area contributed by atoms with Crippen molar-refractivity contribution in [2.24, 2.45) is 5.73 Å². The third-order valence-electron chi connectivity index (χ3n) is 5.98. The van der Waals surface area contributed by atoms with Gasteiger partial charge in [0.2, 0.25) is 5.88 Å². The Bertz CT molecular complexity index is 1220. The van der Waals surface area contributed by atoms with Gasteiger partial charge in [-0.25, -0.2) is 9.97 Å². The Labute approximate surface area is 191 Å². The quantitative estimate of drug-likeness (QED) is 0.440. The average Bonchev–Trinajstić information content (AvgIpc) is 3.24. The van der Waals surface area contributed by atoms with E-state index in [0.717, 1.165) is 37.8 Å². The number of thiazole rings is 1. The van der Waals surface area contributed by atoms with Crippen molar-refractivity contribution in [1.82, 2.24) is 9.97 Å². The lowest BCUT2D eigenvalue weighted by Gasteiger charge is -2.49. The first-order valence-electron chi connectivity index (χ1n) is 10.6. The van der Waals surface area contributed by atoms with E-state index in [9.17, 15) is 5.11 Å². The lowest BCUT2D eigenvalue weighted by Crippen LogP contribution is -2.58. The summed E-state index contributed by atoms with van der Waals surface area (Å²) in [5.41, 5.74) is 10.5. The maximum absolute atomic E-state index is 10.1. The van der Waals surface area contributed by atoms with E-state index in [1.807, 2.05) is 37.3 Å². The minimum atomic E-state index is -0.676. The summed E-state index contributed by atoms with van der Waals surface area (Å²) in [6.07, 6.45) is 2.93. The SMILES string of the molecule is COc1ccc(-c2nc(-c3ccc([C@]4(N)C[C@@](C)(O)C4)cc3)c(-c3ccccc3)s2)cn1. The Hall–Kier alpha value is -3.06. The molecule has 0 aliphatic heterocycles. The smallest absolute Gasteiger partial charge is 0.212 e. The fraction of sp³-hybridized carbons (Fsp3) is 0.231. The number of aromatic nitrogens is 2. The van der Waals surface area contributed by atoms with Crippen LogP contribution in [-0.2, 0) is 5.54 Å². The zero-order valence-corrected chi connectivity index (χ0v) is 18.9. The molecule has 0 radical (unpaired) electrons. The van der Waals surface area contributed by atoms with Crippen LogP contribution in [0.4, 0.5) is 0 Å². The van der Waals surface area contributed by atoms with Crippen LogP contribution in [0, 0.1) is 0 Å². The van der Waals surface area contributed by atoms with Crippen LogP contribution >= 0.6 is 11.3 Å². The lowest BCUT2D eigenvalue weighted by molar-refractivity contribution is -0.0738. The van der Waals surface area contributed by atoms with Crippen molar-refractivity contribution < 1.29 is 9.84 Å². The van der Waals surface area contributed by atoms with Crippen molar-refractivity contribution >= 4 is 11.3 Å². The zero-order valence-electron chi connectivity index (χ0n) is 18.1. The monoisotopic (exact) mass is 443 g/mol. The van der Waals surface area contributed by atoms with Gasteiger partial charge in [0.05, 0.1) is 23.3 Å². The van der Waals surface area contributed by atoms with Crippen LogP contribution in [0.15, 0.2) is 72.9 Å². The van der Waals surface area contributed by atoms with Gasteiger partial charge in [-0.1, -0.05) is 54.6 Å². The predicted octanol–water partition coefficient (Wildman–Crippen LogP) is 5.25. The Morgan fingerprint density at radius 2 is 1.62 bits per heavy atom. The molecule has 1 aliphatic rings. The maximum Gasteiger partial charge on any atom is 0.212 e. The van der Waals surface area contributed by atoms with Crippen LogP contribution in [-0.4, -0.2) is 27.8 Å². The number of hydrogen-bond donors (Lipinski definition) is 2. The molecule has 0 atom stereocenters. The molecule has 2 aromatic heterocycles. The molecule has 0 spiro atoms. The molecule has 2 heterocycles. The van der Waals surface area contributed by atoms with Crippen LogP contribution in [0.2, 0.25) is 0 Å². The molecule has 162 valence electrons. The molecule has 2 aromatic carbocycles. The highest BCUT2D eigenvalue weighted by atomic mass is 32.1. The molecule has 0 amide bonds. The van der Waals surface area contributed by atoms with E-state index in [4.69, 9.17) is 15.5 Å². The molecule has 0 bridgehead atoms. The van der Waals surface area contributed by atoms with Gasteiger partial charge in [-0.3, -0.25) is 0 Å². The van der Waals surface area contributed by atoms with Crippen molar-refractivity contribution in [3.8, 4) is 38.1 Å². The van der Waals surface area contributed by atoms with Gasteiger partial charge >= 0.3 is 0 Å². The predicted molar refractivity (Wildman–Crippen MR) is 128 cm³/mol. The molecule has 1 fully saturated rings. The summed E-state index contributed by atoms with van der Waals surface area (Å²) in [6.45, 7) is 1.84. The molecule has 6 heteroatoms. The Morgan fingerprint density at radius 3 is 2.22 bits per heavy atom. The van der Waals surface area contributed by atoms with Crippen LogP contribution in [0.3, 0.4) is 0 Å². The number of nitrogens with zero attached hydrogens (tertiary/aromatic N) is 2. The fourth-order valence-corrected chi connectivity index (χ4v) is 5.61. The normalized spacial score (nSPS) is 22.4. The number of aliphatic hydroxyl groups is 1. The summed E-state index contributed by atoms with van der Waals surface area (Å²) in [4.78, 5) is 10.4. The standard InChI is InChI=1S/C26H25N3O2S/c1-25(30)15-26(27,16-25)20-11-8-17(9-12-20)22-23(18-6-4-3-5-7-18)32-24(29-22)19-10-13-21(31-2)28-14-19/h3-14,30H,15-16,27H2,1-2H3/t25-,26+. The molecular weight excluding hydrogens is 418 g/mol. The first-order valence-corrected chi connectivity index (χ1v) is 11.4. The summed E-state index contributed by atoms with van der Waals surface area (Å²) >= 11 is 1.65. The van der Waals surface area contributed by atoms with Crippen LogP contribution in [0.5, 0.6) is 5.88 Å². The zero-order chi connectivity index (χ0) is 22.3. The molecule has 4 aromatic rings. The van der Waals surface area contributed by atoms with Gasteiger partial charge in [-0.15, -0.1) is 11.3 Å². The maximum atomic E-state index is 10.1. The molecule has 5 rings (SSSR count). The van der Waals surface area contributed by atoms with E-state index in [1.54, 1.807) is 24.6 Å². The molecule has 1 saturated carbocycles. The topological polar surface area (TPSA) is 81.3 Å². The molecule has 0 unspecified atom stereocenters. The van der Waals surface area contributed by atoms with Crippen LogP contribution < -0.4 is 10.5 Å². The summed E-state index contributed by atoms with van der Waals surface area (Å²) in [7, 11) is 1.61. The largest absolute Gasteiger partial charge is 0.481 e. The molecular formula is C26H25N3O2S. The second-order valence-corrected chi connectivity index (χ2v) is 9.74. The van der Waals surface area contributed by atoms with Crippen molar-refractivity contribution in [3.63, 3.8) is 0 Å². The van der Waals surface area contributed by atoms with Crippen molar-refractivity contribution in [3.05, 3.63) is 78.5 Å². The highest BCUT2D eigenvalue weighted by Gasteiger charge is 2.49. The number of hydrogen-bond acceptors (Lipinski definition) is 6. The van der Waals surface area contributed by atoms with Gasteiger partial charge in [-0.2, -0.15) is 0 Å². The van der Waals surface area contributed by atoms with E-state index in [1.165, 1.54) is 0 Å². The molecule has 0 saturated heterocycles. The summed E-state index contributed by atoms with van der Waals surface area (Å²) in [5.74, 6) is 0.579. The third-order valence-corrected chi connectivity index (χ3v) is 7.13.